The van der Waals surface area contributed by atoms with E-state index in [1.54, 1.807) is 19.0 Å². The summed E-state index contributed by atoms with van der Waals surface area (Å²) in [6.07, 6.45) is 10.1. The fourth-order valence-corrected chi connectivity index (χ4v) is 4.50. The molecule has 2 amide bonds. The number of amides is 2. The number of nitrogens with zero attached hydrogens (tertiary/aromatic N) is 3. The van der Waals surface area contributed by atoms with Crippen LogP contribution in [0.25, 0.3) is 0 Å². The molecule has 3 aliphatic rings. The molecule has 3 fully saturated rings. The molecule has 31 heavy (non-hydrogen) atoms. The van der Waals surface area contributed by atoms with Crippen LogP contribution in [0.5, 0.6) is 0 Å². The molecule has 8 nitrogen and oxygen atoms in total. The summed E-state index contributed by atoms with van der Waals surface area (Å²) in [7, 11) is 3.47. The molecule has 0 aromatic rings. The average Bonchev–Trinajstić information content (AvgIpc) is 3.24. The second-order valence-electron chi connectivity index (χ2n) is 9.07. The van der Waals surface area contributed by atoms with Crippen LogP contribution < -0.4 is 10.6 Å². The molecular formula is C22H40IN5O3. The van der Waals surface area contributed by atoms with Gasteiger partial charge in [-0.2, -0.15) is 0 Å². The van der Waals surface area contributed by atoms with E-state index in [1.807, 2.05) is 4.90 Å². The molecule has 178 valence electrons. The number of carbonyl (C=O) groups excluding carboxylic acids is 2. The predicted octanol–water partition coefficient (Wildman–Crippen LogP) is 1.98. The highest BCUT2D eigenvalue weighted by Gasteiger charge is 2.32. The Morgan fingerprint density at radius 3 is 2.48 bits per heavy atom. The maximum Gasteiger partial charge on any atom is 0.243 e. The van der Waals surface area contributed by atoms with Gasteiger partial charge in [-0.05, 0) is 38.5 Å². The van der Waals surface area contributed by atoms with E-state index in [9.17, 15) is 9.59 Å². The molecule has 1 aliphatic carbocycles. The second-order valence-corrected chi connectivity index (χ2v) is 9.07. The lowest BCUT2D eigenvalue weighted by Gasteiger charge is -2.27. The lowest BCUT2D eigenvalue weighted by Crippen LogP contribution is -2.48. The fraction of sp³-hybridized carbons (Fsp3) is 0.864. The molecule has 0 aromatic carbocycles. The van der Waals surface area contributed by atoms with Crippen LogP contribution in [0.4, 0.5) is 0 Å². The molecule has 0 spiro atoms. The summed E-state index contributed by atoms with van der Waals surface area (Å²) in [4.78, 5) is 32.9. The number of ether oxygens (including phenoxy) is 1. The Bertz CT molecular complexity index is 604. The lowest BCUT2D eigenvalue weighted by atomic mass is 9.88. The maximum absolute atomic E-state index is 12.8. The van der Waals surface area contributed by atoms with Crippen molar-refractivity contribution < 1.29 is 14.3 Å². The summed E-state index contributed by atoms with van der Waals surface area (Å²) in [5.74, 6) is 1.13. The number of aliphatic imine (C=N–C) groups is 1. The Morgan fingerprint density at radius 1 is 1.06 bits per heavy atom. The van der Waals surface area contributed by atoms with Crippen molar-refractivity contribution in [2.24, 2.45) is 10.9 Å². The Labute approximate surface area is 203 Å². The number of carbonyl (C=O) groups is 2. The van der Waals surface area contributed by atoms with Crippen molar-refractivity contribution in [1.29, 1.82) is 0 Å². The van der Waals surface area contributed by atoms with Gasteiger partial charge in [-0.15, -0.1) is 24.0 Å². The number of rotatable bonds is 6. The Morgan fingerprint density at radius 2 is 1.81 bits per heavy atom. The number of hydrogen-bond acceptors (Lipinski definition) is 4. The highest BCUT2D eigenvalue weighted by Crippen LogP contribution is 2.26. The van der Waals surface area contributed by atoms with Gasteiger partial charge in [-0.3, -0.25) is 9.59 Å². The number of hydrogen-bond donors (Lipinski definition) is 2. The Balaban J connectivity index is 0.00000341. The summed E-state index contributed by atoms with van der Waals surface area (Å²) >= 11 is 0. The van der Waals surface area contributed by atoms with Crippen LogP contribution in [-0.4, -0.2) is 86.6 Å². The summed E-state index contributed by atoms with van der Waals surface area (Å²) in [6, 6.07) is 0.158. The zero-order chi connectivity index (χ0) is 21.3. The monoisotopic (exact) mass is 549 g/mol. The van der Waals surface area contributed by atoms with Crippen LogP contribution in [-0.2, 0) is 14.3 Å². The first-order valence-corrected chi connectivity index (χ1v) is 11.7. The van der Waals surface area contributed by atoms with Gasteiger partial charge < -0.3 is 25.2 Å². The molecule has 9 heteroatoms. The molecule has 0 bridgehead atoms. The fourth-order valence-electron chi connectivity index (χ4n) is 4.50. The van der Waals surface area contributed by atoms with Gasteiger partial charge in [-0.25, -0.2) is 4.99 Å². The number of halogens is 1. The molecular weight excluding hydrogens is 509 g/mol. The van der Waals surface area contributed by atoms with Crippen molar-refractivity contribution in [2.75, 3.05) is 46.9 Å². The third-order valence-electron chi connectivity index (χ3n) is 6.44. The van der Waals surface area contributed by atoms with E-state index >= 15 is 0 Å². The summed E-state index contributed by atoms with van der Waals surface area (Å²) in [6.45, 7) is 3.09. The molecule has 2 unspecified atom stereocenters. The maximum atomic E-state index is 12.8. The van der Waals surface area contributed by atoms with Gasteiger partial charge in [0.2, 0.25) is 11.8 Å². The third-order valence-corrected chi connectivity index (χ3v) is 6.44. The first-order chi connectivity index (χ1) is 14.5. The predicted molar refractivity (Wildman–Crippen MR) is 133 cm³/mol. The molecule has 2 saturated heterocycles. The van der Waals surface area contributed by atoms with Crippen molar-refractivity contribution in [3.63, 3.8) is 0 Å². The molecule has 2 aliphatic heterocycles. The largest absolute Gasteiger partial charge is 0.376 e. The number of nitrogens with one attached hydrogen (secondary N) is 2. The second kappa shape index (κ2) is 13.4. The van der Waals surface area contributed by atoms with Gasteiger partial charge in [0, 0.05) is 52.3 Å². The number of likely N-dealkylation sites (N-methyl/N-ethyl adjacent to an activating group) is 1. The van der Waals surface area contributed by atoms with Gasteiger partial charge in [0.15, 0.2) is 5.96 Å². The Hall–Kier alpha value is -1.10. The number of likely N-dealkylation sites (tertiary alicyclic amines) is 1. The van der Waals surface area contributed by atoms with Crippen LogP contribution in [0.2, 0.25) is 0 Å². The third kappa shape index (κ3) is 8.40. The van der Waals surface area contributed by atoms with Crippen molar-refractivity contribution in [3.05, 3.63) is 0 Å². The van der Waals surface area contributed by atoms with Crippen LogP contribution in [0, 0.1) is 5.92 Å². The summed E-state index contributed by atoms with van der Waals surface area (Å²) < 4.78 is 5.80. The minimum absolute atomic E-state index is 0. The van der Waals surface area contributed by atoms with Crippen LogP contribution in [0.3, 0.4) is 0 Å². The number of guanidine groups is 1. The van der Waals surface area contributed by atoms with E-state index in [4.69, 9.17) is 4.74 Å². The van der Waals surface area contributed by atoms with Gasteiger partial charge in [0.05, 0.1) is 6.10 Å². The smallest absolute Gasteiger partial charge is 0.243 e. The molecule has 0 radical (unpaired) electrons. The van der Waals surface area contributed by atoms with Crippen LogP contribution in [0.1, 0.15) is 57.8 Å². The van der Waals surface area contributed by atoms with E-state index in [0.29, 0.717) is 25.0 Å². The molecule has 3 rings (SSSR count). The van der Waals surface area contributed by atoms with Crippen molar-refractivity contribution in [3.8, 4) is 0 Å². The normalized spacial score (nSPS) is 25.0. The van der Waals surface area contributed by atoms with Gasteiger partial charge >= 0.3 is 0 Å². The quantitative estimate of drug-likeness (QED) is 0.301. The molecule has 2 N–H and O–H groups in total. The first kappa shape index (κ1) is 26.2. The topological polar surface area (TPSA) is 86.3 Å². The van der Waals surface area contributed by atoms with E-state index in [2.05, 4.69) is 15.6 Å². The highest BCUT2D eigenvalue weighted by molar-refractivity contribution is 14.0. The van der Waals surface area contributed by atoms with Gasteiger partial charge in [-0.1, -0.05) is 19.3 Å². The standard InChI is InChI=1S/C22H39N5O3.HI/c1-26(2)20(28)15-24-22(23-14-19-10-6-7-13-30-19)25-18-11-12-27(16-18)21(29)17-8-4-3-5-9-17;/h17-19H,3-16H2,1-2H3,(H2,23,24,25);1H. The minimum atomic E-state index is -0.0365. The van der Waals surface area contributed by atoms with Gasteiger partial charge in [0.25, 0.3) is 0 Å². The van der Waals surface area contributed by atoms with Crippen molar-refractivity contribution in [2.45, 2.75) is 69.9 Å². The van der Waals surface area contributed by atoms with E-state index in [-0.39, 0.29) is 54.5 Å². The highest BCUT2D eigenvalue weighted by atomic mass is 127. The summed E-state index contributed by atoms with van der Waals surface area (Å²) in [5, 5.41) is 6.81. The molecule has 0 aromatic heterocycles. The van der Waals surface area contributed by atoms with Crippen molar-refractivity contribution in [1.82, 2.24) is 20.4 Å². The lowest BCUT2D eigenvalue weighted by molar-refractivity contribution is -0.135. The molecule has 1 saturated carbocycles. The first-order valence-electron chi connectivity index (χ1n) is 11.7. The van der Waals surface area contributed by atoms with Crippen LogP contribution in [0.15, 0.2) is 4.99 Å². The SMILES string of the molecule is CN(C)C(=O)CN=C(NCC1CCCCO1)NC1CCN(C(=O)C2CCCCC2)C1.I. The van der Waals surface area contributed by atoms with E-state index in [0.717, 1.165) is 45.3 Å². The van der Waals surface area contributed by atoms with E-state index < -0.39 is 0 Å². The molecule has 2 atom stereocenters. The average molecular weight is 549 g/mol. The zero-order valence-electron chi connectivity index (χ0n) is 19.1. The van der Waals surface area contributed by atoms with Crippen molar-refractivity contribution >= 4 is 41.8 Å². The zero-order valence-corrected chi connectivity index (χ0v) is 21.4. The minimum Gasteiger partial charge on any atom is -0.376 e. The Kier molecular flexibility index (Phi) is 11.3. The van der Waals surface area contributed by atoms with Crippen LogP contribution >= 0.6 is 24.0 Å². The summed E-state index contributed by atoms with van der Waals surface area (Å²) in [5.41, 5.74) is 0. The molecule has 2 heterocycles. The van der Waals surface area contributed by atoms with E-state index in [1.165, 1.54) is 25.7 Å². The van der Waals surface area contributed by atoms with Gasteiger partial charge in [0.1, 0.15) is 6.54 Å².